The Hall–Kier alpha value is -2.77. The van der Waals surface area contributed by atoms with Crippen LogP contribution in [0.15, 0.2) is 48.7 Å². The molecular formula is C23H29N3O3S. The maximum Gasteiger partial charge on any atom is 0.166 e. The molecule has 30 heavy (non-hydrogen) atoms. The molecule has 1 aromatic heterocycles. The number of thiocarbonyl (C=S) groups is 1. The Balaban J connectivity index is 1.90. The fraction of sp³-hybridized carbons (Fsp3) is 0.348. The Morgan fingerprint density at radius 3 is 2.60 bits per heavy atom. The van der Waals surface area contributed by atoms with E-state index in [0.29, 0.717) is 24.0 Å². The molecule has 160 valence electrons. The van der Waals surface area contributed by atoms with Crippen LogP contribution in [0.4, 0.5) is 0 Å². The van der Waals surface area contributed by atoms with Crippen molar-refractivity contribution in [3.8, 4) is 11.5 Å². The van der Waals surface area contributed by atoms with Crippen molar-refractivity contribution < 1.29 is 14.2 Å². The number of rotatable bonds is 10. The average Bonchev–Trinajstić information content (AvgIpc) is 3.20. The number of para-hydroxylation sites is 2. The van der Waals surface area contributed by atoms with Crippen LogP contribution < -0.4 is 20.1 Å². The van der Waals surface area contributed by atoms with Gasteiger partial charge in [-0.15, -0.1) is 0 Å². The lowest BCUT2D eigenvalue weighted by Gasteiger charge is -2.22. The third-order valence-electron chi connectivity index (χ3n) is 5.08. The predicted octanol–water partition coefficient (Wildman–Crippen LogP) is 3.82. The van der Waals surface area contributed by atoms with Crippen LogP contribution in [0.25, 0.3) is 10.9 Å². The average molecular weight is 428 g/mol. The first-order chi connectivity index (χ1) is 14.7. The van der Waals surface area contributed by atoms with Gasteiger partial charge in [0.2, 0.25) is 0 Å². The molecule has 3 aromatic rings. The van der Waals surface area contributed by atoms with E-state index < -0.39 is 0 Å². The Morgan fingerprint density at radius 2 is 1.83 bits per heavy atom. The maximum absolute atomic E-state index is 5.73. The van der Waals surface area contributed by atoms with Gasteiger partial charge in [0, 0.05) is 55.4 Å². The molecule has 0 amide bonds. The molecule has 1 heterocycles. The molecule has 0 bridgehead atoms. The van der Waals surface area contributed by atoms with Gasteiger partial charge in [0.1, 0.15) is 0 Å². The molecule has 0 spiro atoms. The number of hydrogen-bond acceptors (Lipinski definition) is 4. The quantitative estimate of drug-likeness (QED) is 0.338. The normalized spacial score (nSPS) is 11.8. The van der Waals surface area contributed by atoms with Gasteiger partial charge in [-0.3, -0.25) is 0 Å². The molecule has 0 saturated carbocycles. The van der Waals surface area contributed by atoms with Gasteiger partial charge in [-0.1, -0.05) is 30.3 Å². The number of aromatic amines is 1. The monoisotopic (exact) mass is 427 g/mol. The number of hydrogen-bond donors (Lipinski definition) is 3. The van der Waals surface area contributed by atoms with Gasteiger partial charge in [0.15, 0.2) is 16.6 Å². The second-order valence-electron chi connectivity index (χ2n) is 6.91. The molecule has 0 radical (unpaired) electrons. The summed E-state index contributed by atoms with van der Waals surface area (Å²) < 4.78 is 16.3. The highest BCUT2D eigenvalue weighted by Gasteiger charge is 2.23. The van der Waals surface area contributed by atoms with E-state index in [1.54, 1.807) is 21.3 Å². The van der Waals surface area contributed by atoms with E-state index in [2.05, 4.69) is 46.1 Å². The Morgan fingerprint density at radius 1 is 1.00 bits per heavy atom. The molecule has 0 fully saturated rings. The van der Waals surface area contributed by atoms with E-state index in [1.807, 2.05) is 18.2 Å². The van der Waals surface area contributed by atoms with Crippen LogP contribution in [0.3, 0.4) is 0 Å². The highest BCUT2D eigenvalue weighted by atomic mass is 32.1. The van der Waals surface area contributed by atoms with E-state index in [9.17, 15) is 0 Å². The molecule has 0 aliphatic carbocycles. The number of fused-ring (bicyclic) bond motifs is 1. The summed E-state index contributed by atoms with van der Waals surface area (Å²) in [5.41, 5.74) is 3.31. The van der Waals surface area contributed by atoms with Gasteiger partial charge in [-0.25, -0.2) is 0 Å². The summed E-state index contributed by atoms with van der Waals surface area (Å²) in [4.78, 5) is 3.38. The SMILES string of the molecule is COCCCNC(=S)NC[C@H](c1cccc(OC)c1OC)c1c[nH]c2ccccc12. The van der Waals surface area contributed by atoms with Crippen LogP contribution in [-0.4, -0.2) is 51.1 Å². The molecule has 1 atom stereocenters. The zero-order valence-electron chi connectivity index (χ0n) is 17.7. The Kier molecular flexibility index (Phi) is 7.93. The number of H-pyrrole nitrogens is 1. The van der Waals surface area contributed by atoms with Gasteiger partial charge < -0.3 is 29.8 Å². The van der Waals surface area contributed by atoms with Crippen LogP contribution in [0, 0.1) is 0 Å². The van der Waals surface area contributed by atoms with E-state index in [1.165, 1.54) is 10.9 Å². The highest BCUT2D eigenvalue weighted by molar-refractivity contribution is 7.80. The van der Waals surface area contributed by atoms with Crippen molar-refractivity contribution in [2.75, 3.05) is 41.0 Å². The van der Waals surface area contributed by atoms with Crippen molar-refractivity contribution in [2.45, 2.75) is 12.3 Å². The Labute approximate surface area is 182 Å². The van der Waals surface area contributed by atoms with Gasteiger partial charge in [-0.2, -0.15) is 0 Å². The van der Waals surface area contributed by atoms with Crippen molar-refractivity contribution >= 4 is 28.2 Å². The van der Waals surface area contributed by atoms with E-state index in [4.69, 9.17) is 26.4 Å². The van der Waals surface area contributed by atoms with Crippen LogP contribution in [-0.2, 0) is 4.74 Å². The minimum Gasteiger partial charge on any atom is -0.493 e. The van der Waals surface area contributed by atoms with Gasteiger partial charge in [0.05, 0.1) is 14.2 Å². The first-order valence-corrected chi connectivity index (χ1v) is 10.4. The predicted molar refractivity (Wildman–Crippen MR) is 125 cm³/mol. The summed E-state index contributed by atoms with van der Waals surface area (Å²) in [7, 11) is 5.02. The minimum absolute atomic E-state index is 0.00456. The van der Waals surface area contributed by atoms with E-state index >= 15 is 0 Å². The van der Waals surface area contributed by atoms with Gasteiger partial charge in [0.25, 0.3) is 0 Å². The third kappa shape index (κ3) is 5.04. The van der Waals surface area contributed by atoms with Crippen molar-refractivity contribution in [1.82, 2.24) is 15.6 Å². The lowest BCUT2D eigenvalue weighted by molar-refractivity contribution is 0.195. The zero-order valence-corrected chi connectivity index (χ0v) is 18.5. The molecule has 3 N–H and O–H groups in total. The standard InChI is InChI=1S/C23H29N3O3S/c1-27-13-7-12-24-23(30)26-15-19(17-9-6-11-21(28-2)22(17)29-3)18-14-25-20-10-5-4-8-16(18)20/h4-6,8-11,14,19,25H,7,12-13,15H2,1-3H3,(H2,24,26,30)/t19-/m1/s1. The number of methoxy groups -OCH3 is 3. The summed E-state index contributed by atoms with van der Waals surface area (Å²) in [6.07, 6.45) is 2.96. The fourth-order valence-electron chi connectivity index (χ4n) is 3.63. The third-order valence-corrected chi connectivity index (χ3v) is 5.37. The van der Waals surface area contributed by atoms with Crippen LogP contribution in [0.1, 0.15) is 23.5 Å². The molecule has 0 aliphatic heterocycles. The number of benzene rings is 2. The van der Waals surface area contributed by atoms with Crippen LogP contribution in [0.2, 0.25) is 0 Å². The van der Waals surface area contributed by atoms with E-state index in [0.717, 1.165) is 29.8 Å². The summed E-state index contributed by atoms with van der Waals surface area (Å²) in [5.74, 6) is 1.45. The summed E-state index contributed by atoms with van der Waals surface area (Å²) in [6.45, 7) is 2.08. The fourth-order valence-corrected chi connectivity index (χ4v) is 3.82. The first-order valence-electron chi connectivity index (χ1n) is 9.97. The number of ether oxygens (including phenoxy) is 3. The molecule has 0 unspecified atom stereocenters. The van der Waals surface area contributed by atoms with Crippen molar-refractivity contribution in [3.05, 3.63) is 59.8 Å². The lowest BCUT2D eigenvalue weighted by Crippen LogP contribution is -2.38. The topological polar surface area (TPSA) is 67.5 Å². The van der Waals surface area contributed by atoms with Crippen molar-refractivity contribution in [1.29, 1.82) is 0 Å². The van der Waals surface area contributed by atoms with Gasteiger partial charge in [-0.05, 0) is 36.3 Å². The minimum atomic E-state index is 0.00456. The molecule has 6 nitrogen and oxygen atoms in total. The first kappa shape index (κ1) is 21.9. The summed E-state index contributed by atoms with van der Waals surface area (Å²) in [6, 6.07) is 14.3. The molecule has 0 aliphatic rings. The number of nitrogens with one attached hydrogen (secondary N) is 3. The summed E-state index contributed by atoms with van der Waals surface area (Å²) in [5, 5.41) is 8.40. The van der Waals surface area contributed by atoms with Crippen LogP contribution in [0.5, 0.6) is 11.5 Å². The smallest absolute Gasteiger partial charge is 0.166 e. The largest absolute Gasteiger partial charge is 0.493 e. The van der Waals surface area contributed by atoms with Crippen molar-refractivity contribution in [2.24, 2.45) is 0 Å². The number of aromatic nitrogens is 1. The molecule has 7 heteroatoms. The zero-order chi connectivity index (χ0) is 21.3. The molecule has 0 saturated heterocycles. The van der Waals surface area contributed by atoms with Gasteiger partial charge >= 0.3 is 0 Å². The molecular weight excluding hydrogens is 398 g/mol. The summed E-state index contributed by atoms with van der Waals surface area (Å²) >= 11 is 5.48. The lowest BCUT2D eigenvalue weighted by atomic mass is 9.90. The van der Waals surface area contributed by atoms with E-state index in [-0.39, 0.29) is 5.92 Å². The van der Waals surface area contributed by atoms with Crippen molar-refractivity contribution in [3.63, 3.8) is 0 Å². The second kappa shape index (κ2) is 10.8. The molecule has 2 aromatic carbocycles. The highest BCUT2D eigenvalue weighted by Crippen LogP contribution is 2.40. The second-order valence-corrected chi connectivity index (χ2v) is 7.32. The maximum atomic E-state index is 5.73. The Bertz CT molecular complexity index is 973. The van der Waals surface area contributed by atoms with Crippen LogP contribution >= 0.6 is 12.2 Å². The molecule has 3 rings (SSSR count).